The summed E-state index contributed by atoms with van der Waals surface area (Å²) in [7, 11) is 0. The summed E-state index contributed by atoms with van der Waals surface area (Å²) in [4.78, 5) is 30.1. The number of aromatic nitrogens is 6. The van der Waals surface area contributed by atoms with Crippen LogP contribution in [-0.2, 0) is 0 Å². The Hall–Kier alpha value is -3.68. The zero-order chi connectivity index (χ0) is 19.7. The standard InChI is InChI=1S/C20H19N7O/c1-12-8-23-19-17(10-24-27(19)11-12)20(28)26-14(3)16-9-22-18(25-13(16)2)15-4-6-21-7-5-15/h4-11,14H,1-3H3,(H,26,28)/t14-/m1/s1. The van der Waals surface area contributed by atoms with Gasteiger partial charge < -0.3 is 5.32 Å². The Kier molecular flexibility index (Phi) is 4.52. The summed E-state index contributed by atoms with van der Waals surface area (Å²) < 4.78 is 1.60. The Morgan fingerprint density at radius 2 is 1.89 bits per heavy atom. The highest BCUT2D eigenvalue weighted by Crippen LogP contribution is 2.20. The van der Waals surface area contributed by atoms with Gasteiger partial charge in [0.25, 0.3) is 5.91 Å². The van der Waals surface area contributed by atoms with Crippen molar-refractivity contribution < 1.29 is 4.79 Å². The van der Waals surface area contributed by atoms with E-state index in [1.807, 2.05) is 39.1 Å². The van der Waals surface area contributed by atoms with Crippen LogP contribution in [0.15, 0.2) is 49.3 Å². The average molecular weight is 373 g/mol. The molecular weight excluding hydrogens is 354 g/mol. The number of aryl methyl sites for hydroxylation is 2. The van der Waals surface area contributed by atoms with Crippen LogP contribution in [0.25, 0.3) is 17.0 Å². The van der Waals surface area contributed by atoms with E-state index in [4.69, 9.17) is 0 Å². The zero-order valence-electron chi connectivity index (χ0n) is 15.8. The molecule has 28 heavy (non-hydrogen) atoms. The molecule has 0 aromatic carbocycles. The first-order chi connectivity index (χ1) is 13.5. The predicted octanol–water partition coefficient (Wildman–Crippen LogP) is 2.69. The molecular formula is C20H19N7O. The van der Waals surface area contributed by atoms with E-state index in [1.54, 1.807) is 29.3 Å². The molecule has 4 aromatic rings. The predicted molar refractivity (Wildman–Crippen MR) is 104 cm³/mol. The number of hydrogen-bond acceptors (Lipinski definition) is 6. The smallest absolute Gasteiger partial charge is 0.257 e. The fourth-order valence-corrected chi connectivity index (χ4v) is 3.02. The first kappa shape index (κ1) is 17.7. The minimum Gasteiger partial charge on any atom is -0.345 e. The van der Waals surface area contributed by atoms with Crippen LogP contribution in [-0.4, -0.2) is 35.5 Å². The Balaban J connectivity index is 1.56. The number of pyridine rings is 1. The van der Waals surface area contributed by atoms with Gasteiger partial charge in [0.2, 0.25) is 0 Å². The van der Waals surface area contributed by atoms with Crippen molar-refractivity contribution in [2.24, 2.45) is 0 Å². The van der Waals surface area contributed by atoms with E-state index in [0.29, 0.717) is 17.0 Å². The highest BCUT2D eigenvalue weighted by molar-refractivity contribution is 5.99. The topological polar surface area (TPSA) is 98.0 Å². The molecule has 0 aliphatic rings. The molecule has 0 aliphatic carbocycles. The molecule has 0 aliphatic heterocycles. The van der Waals surface area contributed by atoms with Gasteiger partial charge in [0, 0.05) is 47.8 Å². The van der Waals surface area contributed by atoms with Crippen molar-refractivity contribution in [3.8, 4) is 11.4 Å². The van der Waals surface area contributed by atoms with Crippen LogP contribution in [0.4, 0.5) is 0 Å². The maximum atomic E-state index is 12.7. The fraction of sp³-hybridized carbons (Fsp3) is 0.200. The quantitative estimate of drug-likeness (QED) is 0.591. The van der Waals surface area contributed by atoms with Crippen LogP contribution in [0, 0.1) is 13.8 Å². The Bertz CT molecular complexity index is 1150. The Morgan fingerprint density at radius 3 is 2.64 bits per heavy atom. The van der Waals surface area contributed by atoms with Gasteiger partial charge in [0.1, 0.15) is 5.56 Å². The molecule has 0 unspecified atom stereocenters. The van der Waals surface area contributed by atoms with E-state index in [-0.39, 0.29) is 11.9 Å². The molecule has 4 aromatic heterocycles. The fourth-order valence-electron chi connectivity index (χ4n) is 3.02. The highest BCUT2D eigenvalue weighted by atomic mass is 16.1. The van der Waals surface area contributed by atoms with Crippen LogP contribution in [0.2, 0.25) is 0 Å². The number of nitrogens with zero attached hydrogens (tertiary/aromatic N) is 6. The highest BCUT2D eigenvalue weighted by Gasteiger charge is 2.19. The summed E-state index contributed by atoms with van der Waals surface area (Å²) in [5.74, 6) is 0.390. The van der Waals surface area contributed by atoms with E-state index in [2.05, 4.69) is 30.4 Å². The van der Waals surface area contributed by atoms with Crippen molar-refractivity contribution in [2.75, 3.05) is 0 Å². The molecule has 1 atom stereocenters. The third kappa shape index (κ3) is 3.32. The van der Waals surface area contributed by atoms with Crippen LogP contribution in [0.3, 0.4) is 0 Å². The van der Waals surface area contributed by atoms with Crippen molar-refractivity contribution in [2.45, 2.75) is 26.8 Å². The van der Waals surface area contributed by atoms with Crippen LogP contribution in [0.1, 0.15) is 40.1 Å². The van der Waals surface area contributed by atoms with Crippen LogP contribution in [0.5, 0.6) is 0 Å². The number of carbonyl (C=O) groups excluding carboxylic acids is 1. The maximum absolute atomic E-state index is 12.7. The molecule has 4 rings (SSSR count). The largest absolute Gasteiger partial charge is 0.345 e. The number of amides is 1. The van der Waals surface area contributed by atoms with Crippen molar-refractivity contribution in [1.82, 2.24) is 34.9 Å². The molecule has 140 valence electrons. The lowest BCUT2D eigenvalue weighted by molar-refractivity contribution is 0.0941. The van der Waals surface area contributed by atoms with Gasteiger partial charge >= 0.3 is 0 Å². The molecule has 1 N–H and O–H groups in total. The van der Waals surface area contributed by atoms with E-state index < -0.39 is 0 Å². The van der Waals surface area contributed by atoms with E-state index in [1.165, 1.54) is 6.20 Å². The number of carbonyl (C=O) groups is 1. The lowest BCUT2D eigenvalue weighted by atomic mass is 10.1. The second-order valence-electron chi connectivity index (χ2n) is 6.62. The van der Waals surface area contributed by atoms with Crippen LogP contribution < -0.4 is 5.32 Å². The van der Waals surface area contributed by atoms with Gasteiger partial charge in [-0.1, -0.05) is 0 Å². The lowest BCUT2D eigenvalue weighted by Gasteiger charge is -2.16. The summed E-state index contributed by atoms with van der Waals surface area (Å²) in [5.41, 5.74) is 4.48. The molecule has 0 fully saturated rings. The second-order valence-corrected chi connectivity index (χ2v) is 6.62. The molecule has 4 heterocycles. The third-order valence-electron chi connectivity index (χ3n) is 4.50. The van der Waals surface area contributed by atoms with E-state index in [9.17, 15) is 4.79 Å². The molecule has 8 nitrogen and oxygen atoms in total. The minimum absolute atomic E-state index is 0.239. The minimum atomic E-state index is -0.264. The van der Waals surface area contributed by atoms with Crippen LogP contribution >= 0.6 is 0 Å². The van der Waals surface area contributed by atoms with Gasteiger partial charge in [-0.25, -0.2) is 19.5 Å². The summed E-state index contributed by atoms with van der Waals surface area (Å²) in [6.45, 7) is 5.73. The summed E-state index contributed by atoms with van der Waals surface area (Å²) >= 11 is 0. The first-order valence-electron chi connectivity index (χ1n) is 8.87. The van der Waals surface area contributed by atoms with Crippen molar-refractivity contribution in [3.63, 3.8) is 0 Å². The SMILES string of the molecule is Cc1cnc2c(C(=O)N[C@H](C)c3cnc(-c4ccncc4)nc3C)cnn2c1. The van der Waals surface area contributed by atoms with Gasteiger partial charge in [-0.2, -0.15) is 5.10 Å². The van der Waals surface area contributed by atoms with Gasteiger partial charge in [0.05, 0.1) is 12.2 Å². The van der Waals surface area contributed by atoms with Crippen molar-refractivity contribution >= 4 is 11.6 Å². The third-order valence-corrected chi connectivity index (χ3v) is 4.50. The van der Waals surface area contributed by atoms with Gasteiger partial charge in [-0.05, 0) is 38.5 Å². The molecule has 8 heteroatoms. The lowest BCUT2D eigenvalue weighted by Crippen LogP contribution is -2.27. The molecule has 0 spiro atoms. The number of nitrogens with one attached hydrogen (secondary N) is 1. The van der Waals surface area contributed by atoms with E-state index in [0.717, 1.165) is 22.4 Å². The number of fused-ring (bicyclic) bond motifs is 1. The molecule has 0 saturated carbocycles. The Morgan fingerprint density at radius 1 is 1.11 bits per heavy atom. The summed E-state index contributed by atoms with van der Waals surface area (Å²) in [6, 6.07) is 3.46. The van der Waals surface area contributed by atoms with Crippen molar-refractivity contribution in [3.05, 3.63) is 71.7 Å². The molecule has 1 amide bonds. The van der Waals surface area contributed by atoms with Gasteiger partial charge in [-0.15, -0.1) is 0 Å². The van der Waals surface area contributed by atoms with E-state index >= 15 is 0 Å². The molecule has 0 radical (unpaired) electrons. The molecule has 0 saturated heterocycles. The molecule has 0 bridgehead atoms. The number of hydrogen-bond donors (Lipinski definition) is 1. The monoisotopic (exact) mass is 373 g/mol. The summed E-state index contributed by atoms with van der Waals surface area (Å²) in [6.07, 6.45) is 10.2. The normalized spacial score (nSPS) is 12.1. The number of rotatable bonds is 4. The Labute approximate surface area is 161 Å². The summed E-state index contributed by atoms with van der Waals surface area (Å²) in [5, 5.41) is 7.19. The maximum Gasteiger partial charge on any atom is 0.257 e. The zero-order valence-corrected chi connectivity index (χ0v) is 15.8. The second kappa shape index (κ2) is 7.15. The van der Waals surface area contributed by atoms with Gasteiger partial charge in [0.15, 0.2) is 11.5 Å². The van der Waals surface area contributed by atoms with Gasteiger partial charge in [-0.3, -0.25) is 9.78 Å². The van der Waals surface area contributed by atoms with Crippen molar-refractivity contribution in [1.29, 1.82) is 0 Å². The average Bonchev–Trinajstić information content (AvgIpc) is 3.11. The first-order valence-corrected chi connectivity index (χ1v) is 8.87.